The molecule has 0 saturated carbocycles. The maximum Gasteiger partial charge on any atom is 0.331 e. The smallest absolute Gasteiger partial charge is 0.331 e. The Labute approximate surface area is 95.2 Å². The van der Waals surface area contributed by atoms with Gasteiger partial charge in [0.2, 0.25) is 0 Å². The highest BCUT2D eigenvalue weighted by molar-refractivity contribution is 5.86. The summed E-state index contributed by atoms with van der Waals surface area (Å²) in [5, 5.41) is 8.99. The zero-order chi connectivity index (χ0) is 11.5. The van der Waals surface area contributed by atoms with Gasteiger partial charge in [-0.1, -0.05) is 5.57 Å². The summed E-state index contributed by atoms with van der Waals surface area (Å²) in [6, 6.07) is 0. The third kappa shape index (κ3) is 3.61. The van der Waals surface area contributed by atoms with Gasteiger partial charge in [-0.3, -0.25) is 0 Å². The maximum atomic E-state index is 10.9. The number of carbonyl (C=O) groups is 1. The van der Waals surface area contributed by atoms with E-state index in [1.165, 1.54) is 0 Å². The zero-order valence-electron chi connectivity index (χ0n) is 9.57. The second kappa shape index (κ2) is 4.97. The fourth-order valence-electron chi connectivity index (χ4n) is 1.79. The maximum absolute atomic E-state index is 10.9. The van der Waals surface area contributed by atoms with Gasteiger partial charge in [-0.2, -0.15) is 0 Å². The highest BCUT2D eigenvalue weighted by Gasteiger charge is 2.25. The predicted octanol–water partition coefficient (Wildman–Crippen LogP) is 1.75. The van der Waals surface area contributed by atoms with E-state index < -0.39 is 5.97 Å². The highest BCUT2D eigenvalue weighted by atomic mass is 16.6. The molecular formula is C12H18O4. The Morgan fingerprint density at radius 2 is 1.62 bits per heavy atom. The molecule has 2 rings (SSSR count). The largest absolute Gasteiger partial charge is 0.478 e. The van der Waals surface area contributed by atoms with Crippen molar-refractivity contribution in [2.75, 3.05) is 13.2 Å². The van der Waals surface area contributed by atoms with Crippen LogP contribution < -0.4 is 0 Å². The molecule has 0 aromatic rings. The standard InChI is InChI=1S/C12H18O4/c1-8(12(13)14)9(2-4-10-6-15-10)3-5-11-7-16-11/h10-11H,2-7H2,1H3,(H,13,14). The first-order valence-electron chi connectivity index (χ1n) is 5.82. The molecule has 2 fully saturated rings. The second-order valence-electron chi connectivity index (χ2n) is 4.52. The molecule has 0 bridgehead atoms. The van der Waals surface area contributed by atoms with Gasteiger partial charge in [0.25, 0.3) is 0 Å². The van der Waals surface area contributed by atoms with E-state index in [2.05, 4.69) is 0 Å². The van der Waals surface area contributed by atoms with E-state index in [0.29, 0.717) is 17.8 Å². The lowest BCUT2D eigenvalue weighted by molar-refractivity contribution is -0.132. The molecule has 2 unspecified atom stereocenters. The molecule has 2 aliphatic heterocycles. The first-order valence-corrected chi connectivity index (χ1v) is 5.82. The minimum atomic E-state index is -0.802. The lowest BCUT2D eigenvalue weighted by Crippen LogP contribution is -2.03. The highest BCUT2D eigenvalue weighted by Crippen LogP contribution is 2.26. The van der Waals surface area contributed by atoms with Crippen LogP contribution in [-0.4, -0.2) is 36.5 Å². The van der Waals surface area contributed by atoms with E-state index in [9.17, 15) is 4.79 Å². The van der Waals surface area contributed by atoms with E-state index in [0.717, 1.165) is 44.5 Å². The normalized spacial score (nSPS) is 26.3. The number of rotatable bonds is 7. The quantitative estimate of drug-likeness (QED) is 0.530. The second-order valence-corrected chi connectivity index (χ2v) is 4.52. The van der Waals surface area contributed by atoms with Crippen molar-refractivity contribution < 1.29 is 19.4 Å². The van der Waals surface area contributed by atoms with E-state index in [1.807, 2.05) is 0 Å². The molecule has 16 heavy (non-hydrogen) atoms. The van der Waals surface area contributed by atoms with Gasteiger partial charge in [-0.05, 0) is 32.6 Å². The fraction of sp³-hybridized carbons (Fsp3) is 0.750. The van der Waals surface area contributed by atoms with Gasteiger partial charge in [-0.15, -0.1) is 0 Å². The molecule has 2 aliphatic rings. The number of carboxylic acid groups (broad SMARTS) is 1. The van der Waals surface area contributed by atoms with Crippen LogP contribution in [0.15, 0.2) is 11.1 Å². The van der Waals surface area contributed by atoms with Crippen molar-refractivity contribution in [3.05, 3.63) is 11.1 Å². The van der Waals surface area contributed by atoms with Crippen molar-refractivity contribution in [1.82, 2.24) is 0 Å². The number of allylic oxidation sites excluding steroid dienone is 1. The van der Waals surface area contributed by atoms with Crippen LogP contribution in [0.25, 0.3) is 0 Å². The Balaban J connectivity index is 1.86. The number of epoxide rings is 2. The Hall–Kier alpha value is -0.870. The van der Waals surface area contributed by atoms with Gasteiger partial charge in [-0.25, -0.2) is 4.79 Å². The summed E-state index contributed by atoms with van der Waals surface area (Å²) in [6.07, 6.45) is 4.32. The topological polar surface area (TPSA) is 62.4 Å². The average molecular weight is 226 g/mol. The average Bonchev–Trinajstić information content (AvgIpc) is 3.12. The number of aliphatic carboxylic acids is 1. The van der Waals surface area contributed by atoms with E-state index in [1.54, 1.807) is 6.92 Å². The molecule has 0 spiro atoms. The summed E-state index contributed by atoms with van der Waals surface area (Å²) < 4.78 is 10.3. The van der Waals surface area contributed by atoms with Crippen molar-refractivity contribution in [1.29, 1.82) is 0 Å². The third-order valence-electron chi connectivity index (χ3n) is 3.19. The molecular weight excluding hydrogens is 208 g/mol. The molecule has 90 valence electrons. The number of hydrogen-bond acceptors (Lipinski definition) is 3. The van der Waals surface area contributed by atoms with E-state index in [4.69, 9.17) is 14.6 Å². The van der Waals surface area contributed by atoms with Gasteiger partial charge in [0.05, 0.1) is 25.4 Å². The third-order valence-corrected chi connectivity index (χ3v) is 3.19. The van der Waals surface area contributed by atoms with Gasteiger partial charge in [0.15, 0.2) is 0 Å². The van der Waals surface area contributed by atoms with Gasteiger partial charge >= 0.3 is 5.97 Å². The summed E-state index contributed by atoms with van der Waals surface area (Å²) >= 11 is 0. The van der Waals surface area contributed by atoms with Crippen LogP contribution in [0.1, 0.15) is 32.6 Å². The SMILES string of the molecule is CC(C(=O)O)=C(CCC1CO1)CCC1CO1. The van der Waals surface area contributed by atoms with Gasteiger partial charge in [0, 0.05) is 5.57 Å². The number of hydrogen-bond donors (Lipinski definition) is 1. The molecule has 0 aromatic carbocycles. The van der Waals surface area contributed by atoms with Crippen molar-refractivity contribution in [3.8, 4) is 0 Å². The minimum absolute atomic E-state index is 0.369. The fourth-order valence-corrected chi connectivity index (χ4v) is 1.79. The van der Waals surface area contributed by atoms with Crippen LogP contribution >= 0.6 is 0 Å². The molecule has 2 atom stereocenters. The van der Waals surface area contributed by atoms with Crippen LogP contribution in [-0.2, 0) is 14.3 Å². The summed E-state index contributed by atoms with van der Waals surface area (Å²) in [7, 11) is 0. The molecule has 0 amide bonds. The molecule has 0 aliphatic carbocycles. The van der Waals surface area contributed by atoms with Crippen LogP contribution in [0.5, 0.6) is 0 Å². The van der Waals surface area contributed by atoms with Gasteiger partial charge < -0.3 is 14.6 Å². The number of ether oxygens (including phenoxy) is 2. The molecule has 0 radical (unpaired) electrons. The Morgan fingerprint density at radius 3 is 1.94 bits per heavy atom. The van der Waals surface area contributed by atoms with Crippen molar-refractivity contribution in [2.24, 2.45) is 0 Å². The first-order chi connectivity index (χ1) is 7.66. The molecule has 2 saturated heterocycles. The summed E-state index contributed by atoms with van der Waals surface area (Å²) in [5.41, 5.74) is 1.56. The monoisotopic (exact) mass is 226 g/mol. The number of carboxylic acids is 1. The summed E-state index contributed by atoms with van der Waals surface area (Å²) in [5.74, 6) is -0.802. The molecule has 4 nitrogen and oxygen atoms in total. The predicted molar refractivity (Wildman–Crippen MR) is 58.3 cm³/mol. The van der Waals surface area contributed by atoms with E-state index >= 15 is 0 Å². The molecule has 4 heteroatoms. The van der Waals surface area contributed by atoms with Crippen molar-refractivity contribution >= 4 is 5.97 Å². The van der Waals surface area contributed by atoms with Crippen LogP contribution in [0, 0.1) is 0 Å². The summed E-state index contributed by atoms with van der Waals surface area (Å²) in [4.78, 5) is 10.9. The lowest BCUT2D eigenvalue weighted by atomic mass is 9.98. The summed E-state index contributed by atoms with van der Waals surface area (Å²) in [6.45, 7) is 3.37. The molecule has 0 aromatic heterocycles. The Kier molecular flexibility index (Phi) is 3.61. The van der Waals surface area contributed by atoms with Crippen molar-refractivity contribution in [2.45, 2.75) is 44.8 Å². The molecule has 1 N–H and O–H groups in total. The van der Waals surface area contributed by atoms with Crippen LogP contribution in [0.3, 0.4) is 0 Å². The minimum Gasteiger partial charge on any atom is -0.478 e. The molecule has 2 heterocycles. The Morgan fingerprint density at radius 1 is 1.19 bits per heavy atom. The van der Waals surface area contributed by atoms with Gasteiger partial charge in [0.1, 0.15) is 0 Å². The first kappa shape index (κ1) is 11.6. The van der Waals surface area contributed by atoms with Crippen LogP contribution in [0.2, 0.25) is 0 Å². The Bertz CT molecular complexity index is 282. The zero-order valence-corrected chi connectivity index (χ0v) is 9.57. The van der Waals surface area contributed by atoms with Crippen LogP contribution in [0.4, 0.5) is 0 Å². The lowest BCUT2D eigenvalue weighted by Gasteiger charge is -2.08. The van der Waals surface area contributed by atoms with E-state index in [-0.39, 0.29) is 0 Å². The van der Waals surface area contributed by atoms with Crippen molar-refractivity contribution in [3.63, 3.8) is 0 Å².